The van der Waals surface area contributed by atoms with E-state index in [0.717, 1.165) is 13.1 Å². The van der Waals surface area contributed by atoms with E-state index in [1.54, 1.807) is 31.4 Å². The molecule has 116 valence electrons. The molecule has 1 atom stereocenters. The van der Waals surface area contributed by atoms with E-state index in [-0.39, 0.29) is 24.8 Å². The second-order valence-electron chi connectivity index (χ2n) is 4.34. The van der Waals surface area contributed by atoms with Crippen molar-refractivity contribution in [1.82, 2.24) is 10.2 Å². The Balaban J connectivity index is 0.00000180. The maximum Gasteiger partial charge on any atom is 0.258 e. The molecule has 1 N–H and O–H groups in total. The molecule has 0 amide bonds. The van der Waals surface area contributed by atoms with Crippen molar-refractivity contribution in [2.75, 3.05) is 33.3 Å². The van der Waals surface area contributed by atoms with Crippen molar-refractivity contribution in [3.8, 4) is 5.75 Å². The van der Waals surface area contributed by atoms with Gasteiger partial charge in [0, 0.05) is 26.2 Å². The van der Waals surface area contributed by atoms with Gasteiger partial charge in [0.25, 0.3) is 6.43 Å². The summed E-state index contributed by atoms with van der Waals surface area (Å²) in [7, 11) is 1.57. The van der Waals surface area contributed by atoms with Gasteiger partial charge in [-0.3, -0.25) is 4.90 Å². The van der Waals surface area contributed by atoms with Gasteiger partial charge in [0.2, 0.25) is 0 Å². The summed E-state index contributed by atoms with van der Waals surface area (Å²) in [6.07, 6.45) is -2.38. The number of nitrogens with one attached hydrogen (secondary N) is 1. The third-order valence-corrected chi connectivity index (χ3v) is 3.24. The van der Waals surface area contributed by atoms with Crippen molar-refractivity contribution in [2.24, 2.45) is 0 Å². The van der Waals surface area contributed by atoms with Crippen LogP contribution in [0, 0.1) is 0 Å². The molecule has 1 saturated heterocycles. The molecule has 3 nitrogen and oxygen atoms in total. The third kappa shape index (κ3) is 4.74. The topological polar surface area (TPSA) is 24.5 Å². The first-order valence-electron chi connectivity index (χ1n) is 6.09. The van der Waals surface area contributed by atoms with Gasteiger partial charge >= 0.3 is 0 Å². The number of hydrogen-bond donors (Lipinski definition) is 1. The van der Waals surface area contributed by atoms with E-state index < -0.39 is 12.5 Å². The van der Waals surface area contributed by atoms with Crippen LogP contribution in [-0.2, 0) is 0 Å². The molecule has 0 unspecified atom stereocenters. The fraction of sp³-hybridized carbons (Fsp3) is 0.538. The maximum atomic E-state index is 13.3. The van der Waals surface area contributed by atoms with E-state index in [4.69, 9.17) is 4.74 Å². The molecule has 1 fully saturated rings. The number of rotatable bonds is 4. The van der Waals surface area contributed by atoms with Crippen LogP contribution in [0.3, 0.4) is 0 Å². The summed E-state index contributed by atoms with van der Waals surface area (Å²) in [6, 6.07) is 6.08. The van der Waals surface area contributed by atoms with E-state index in [1.165, 1.54) is 0 Å². The van der Waals surface area contributed by atoms with E-state index in [2.05, 4.69) is 5.32 Å². The molecule has 0 bridgehead atoms. The van der Waals surface area contributed by atoms with Crippen molar-refractivity contribution in [2.45, 2.75) is 12.5 Å². The van der Waals surface area contributed by atoms with Gasteiger partial charge in [0.1, 0.15) is 5.75 Å². The van der Waals surface area contributed by atoms with Crippen molar-refractivity contribution in [3.63, 3.8) is 0 Å². The lowest BCUT2D eigenvalue weighted by Crippen LogP contribution is -2.46. The van der Waals surface area contributed by atoms with Crippen LogP contribution in [0.4, 0.5) is 8.78 Å². The molecule has 0 aliphatic carbocycles. The average Bonchev–Trinajstić information content (AvgIpc) is 2.40. The van der Waals surface area contributed by atoms with Gasteiger partial charge in [0.15, 0.2) is 0 Å². The van der Waals surface area contributed by atoms with Crippen LogP contribution in [0.1, 0.15) is 11.6 Å². The zero-order valence-electron chi connectivity index (χ0n) is 11.2. The zero-order chi connectivity index (χ0) is 13.0. The lowest BCUT2D eigenvalue weighted by Gasteiger charge is -2.34. The van der Waals surface area contributed by atoms with Gasteiger partial charge in [-0.25, -0.2) is 8.78 Å². The smallest absolute Gasteiger partial charge is 0.258 e. The van der Waals surface area contributed by atoms with Gasteiger partial charge in [-0.1, -0.05) is 12.1 Å². The first-order chi connectivity index (χ1) is 8.72. The first kappa shape index (κ1) is 19.4. The normalized spacial score (nSPS) is 17.0. The maximum absolute atomic E-state index is 13.3. The molecular formula is C13H20Cl2F2N2O. The molecule has 1 aliphatic heterocycles. The summed E-state index contributed by atoms with van der Waals surface area (Å²) in [5, 5.41) is 3.17. The number of piperazine rings is 1. The minimum atomic E-state index is -2.38. The van der Waals surface area contributed by atoms with Gasteiger partial charge in [-0.05, 0) is 17.7 Å². The Labute approximate surface area is 130 Å². The van der Waals surface area contributed by atoms with Gasteiger partial charge < -0.3 is 10.1 Å². The molecule has 0 saturated carbocycles. The molecule has 1 aromatic rings. The summed E-state index contributed by atoms with van der Waals surface area (Å²) in [6.45, 7) is 2.83. The van der Waals surface area contributed by atoms with Crippen molar-refractivity contribution < 1.29 is 13.5 Å². The number of benzene rings is 1. The quantitative estimate of drug-likeness (QED) is 0.919. The van der Waals surface area contributed by atoms with Gasteiger partial charge in [-0.2, -0.15) is 0 Å². The highest BCUT2D eigenvalue weighted by Crippen LogP contribution is 2.28. The number of halogens is 4. The van der Waals surface area contributed by atoms with Crippen LogP contribution < -0.4 is 10.1 Å². The summed E-state index contributed by atoms with van der Waals surface area (Å²) in [4.78, 5) is 1.84. The molecule has 1 aliphatic rings. The zero-order valence-corrected chi connectivity index (χ0v) is 12.9. The van der Waals surface area contributed by atoms with Crippen LogP contribution >= 0.6 is 24.8 Å². The number of alkyl halides is 2. The highest BCUT2D eigenvalue weighted by atomic mass is 35.5. The molecular weight excluding hydrogens is 309 g/mol. The highest BCUT2D eigenvalue weighted by Gasteiger charge is 2.29. The molecule has 2 rings (SSSR count). The van der Waals surface area contributed by atoms with E-state index in [1.807, 2.05) is 4.90 Å². The summed E-state index contributed by atoms with van der Waals surface area (Å²) in [5.74, 6) is 0.687. The lowest BCUT2D eigenvalue weighted by molar-refractivity contribution is 0.0181. The SMILES string of the molecule is COc1ccc([C@@H](C(F)F)N2CCNCC2)cc1.Cl.Cl. The Morgan fingerprint density at radius 1 is 1.10 bits per heavy atom. The fourth-order valence-electron chi connectivity index (χ4n) is 2.28. The van der Waals surface area contributed by atoms with Crippen LogP contribution in [0.2, 0.25) is 0 Å². The van der Waals surface area contributed by atoms with Crippen LogP contribution in [-0.4, -0.2) is 44.6 Å². The van der Waals surface area contributed by atoms with Crippen molar-refractivity contribution in [3.05, 3.63) is 29.8 Å². The largest absolute Gasteiger partial charge is 0.497 e. The average molecular weight is 329 g/mol. The Bertz CT molecular complexity index is 373. The predicted molar refractivity (Wildman–Crippen MR) is 80.7 cm³/mol. The number of methoxy groups -OCH3 is 1. The fourth-order valence-corrected chi connectivity index (χ4v) is 2.28. The van der Waals surface area contributed by atoms with Gasteiger partial charge in [0.05, 0.1) is 13.2 Å². The lowest BCUT2D eigenvalue weighted by atomic mass is 10.0. The highest BCUT2D eigenvalue weighted by molar-refractivity contribution is 5.85. The Kier molecular flexibility index (Phi) is 9.05. The molecule has 20 heavy (non-hydrogen) atoms. The standard InChI is InChI=1S/C13H18F2N2O.2ClH/c1-18-11-4-2-10(3-5-11)12(13(14)15)17-8-6-16-7-9-17;;/h2-5,12-13,16H,6-9H2,1H3;2*1H/t12-;;/m0../s1. The Hall–Kier alpha value is -0.620. The summed E-state index contributed by atoms with van der Waals surface area (Å²) in [5.41, 5.74) is 0.646. The second-order valence-corrected chi connectivity index (χ2v) is 4.34. The minimum absolute atomic E-state index is 0. The van der Waals surface area contributed by atoms with Crippen LogP contribution in [0.5, 0.6) is 5.75 Å². The molecule has 0 spiro atoms. The first-order valence-corrected chi connectivity index (χ1v) is 6.09. The molecule has 1 aromatic carbocycles. The Morgan fingerprint density at radius 3 is 2.10 bits per heavy atom. The minimum Gasteiger partial charge on any atom is -0.497 e. The number of nitrogens with zero attached hydrogens (tertiary/aromatic N) is 1. The Morgan fingerprint density at radius 2 is 1.65 bits per heavy atom. The predicted octanol–water partition coefficient (Wildman–Crippen LogP) is 2.75. The number of ether oxygens (including phenoxy) is 1. The van der Waals surface area contributed by atoms with Crippen LogP contribution in [0.25, 0.3) is 0 Å². The molecule has 0 aromatic heterocycles. The molecule has 1 heterocycles. The second kappa shape index (κ2) is 9.34. The monoisotopic (exact) mass is 328 g/mol. The van der Waals surface area contributed by atoms with E-state index >= 15 is 0 Å². The van der Waals surface area contributed by atoms with Crippen molar-refractivity contribution >= 4 is 24.8 Å². The van der Waals surface area contributed by atoms with E-state index in [9.17, 15) is 8.78 Å². The van der Waals surface area contributed by atoms with Crippen molar-refractivity contribution in [1.29, 1.82) is 0 Å². The molecule has 7 heteroatoms. The van der Waals surface area contributed by atoms with Gasteiger partial charge in [-0.15, -0.1) is 24.8 Å². The van der Waals surface area contributed by atoms with Crippen LogP contribution in [0.15, 0.2) is 24.3 Å². The number of hydrogen-bond acceptors (Lipinski definition) is 3. The third-order valence-electron chi connectivity index (χ3n) is 3.24. The summed E-state index contributed by atoms with van der Waals surface area (Å²) < 4.78 is 31.6. The molecule has 0 radical (unpaired) electrons. The van der Waals surface area contributed by atoms with E-state index in [0.29, 0.717) is 24.4 Å². The summed E-state index contributed by atoms with van der Waals surface area (Å²) >= 11 is 0.